The van der Waals surface area contributed by atoms with E-state index < -0.39 is 0 Å². The highest BCUT2D eigenvalue weighted by Crippen LogP contribution is 2.23. The molecule has 0 aliphatic carbocycles. The zero-order valence-corrected chi connectivity index (χ0v) is 18.0. The Morgan fingerprint density at radius 2 is 1.72 bits per heavy atom. The lowest BCUT2D eigenvalue weighted by Crippen LogP contribution is -2.48. The minimum atomic E-state index is -0.139. The molecule has 4 aromatic rings. The Labute approximate surface area is 186 Å². The van der Waals surface area contributed by atoms with Gasteiger partial charge in [0.2, 0.25) is 5.82 Å². The van der Waals surface area contributed by atoms with Crippen LogP contribution in [0.3, 0.4) is 0 Å². The quantitative estimate of drug-likeness (QED) is 0.485. The number of nitrogens with zero attached hydrogens (tertiary/aromatic N) is 5. The van der Waals surface area contributed by atoms with Gasteiger partial charge in [-0.2, -0.15) is 0 Å². The first-order chi connectivity index (χ1) is 15.7. The summed E-state index contributed by atoms with van der Waals surface area (Å²) in [5.41, 5.74) is 4.08. The molecule has 0 bridgehead atoms. The molecule has 1 saturated heterocycles. The summed E-state index contributed by atoms with van der Waals surface area (Å²) in [5, 5.41) is 4.59. The standard InChI is InChI=1S/C25H25N5O2/c1-19-7-9-22(10-8-19)30-24(21-11-16-32-18-21)26-23(27-30)25(31)29-14-12-28(13-15-29)17-20-5-3-2-4-6-20/h2-11,16,18H,12-15,17H2,1H3. The highest BCUT2D eigenvalue weighted by atomic mass is 16.3. The highest BCUT2D eigenvalue weighted by molar-refractivity contribution is 5.91. The third-order valence-electron chi connectivity index (χ3n) is 5.76. The molecule has 0 spiro atoms. The van der Waals surface area contributed by atoms with Crippen LogP contribution in [0.5, 0.6) is 0 Å². The number of aryl methyl sites for hydroxylation is 1. The third kappa shape index (κ3) is 4.20. The Morgan fingerprint density at radius 3 is 2.41 bits per heavy atom. The fraction of sp³-hybridized carbons (Fsp3) is 0.240. The molecule has 0 N–H and O–H groups in total. The Morgan fingerprint density at radius 1 is 0.969 bits per heavy atom. The first-order valence-electron chi connectivity index (χ1n) is 10.8. The summed E-state index contributed by atoms with van der Waals surface area (Å²) in [6.45, 7) is 5.90. The van der Waals surface area contributed by atoms with E-state index in [4.69, 9.17) is 4.42 Å². The first kappa shape index (κ1) is 20.2. The fourth-order valence-electron chi connectivity index (χ4n) is 3.94. The largest absolute Gasteiger partial charge is 0.472 e. The summed E-state index contributed by atoms with van der Waals surface area (Å²) in [7, 11) is 0. The van der Waals surface area contributed by atoms with E-state index >= 15 is 0 Å². The smallest absolute Gasteiger partial charge is 0.293 e. The van der Waals surface area contributed by atoms with Gasteiger partial charge in [-0.25, -0.2) is 9.67 Å². The molecule has 1 amide bonds. The molecule has 1 fully saturated rings. The van der Waals surface area contributed by atoms with Crippen molar-refractivity contribution in [1.82, 2.24) is 24.6 Å². The summed E-state index contributed by atoms with van der Waals surface area (Å²) in [6, 6.07) is 20.2. The number of amides is 1. The number of carbonyl (C=O) groups is 1. The van der Waals surface area contributed by atoms with Gasteiger partial charge in [-0.15, -0.1) is 5.10 Å². The van der Waals surface area contributed by atoms with Crippen molar-refractivity contribution in [3.8, 4) is 17.1 Å². The van der Waals surface area contributed by atoms with Crippen LogP contribution in [-0.4, -0.2) is 56.7 Å². The first-order valence-corrected chi connectivity index (χ1v) is 10.8. The molecular formula is C25H25N5O2. The molecular weight excluding hydrogens is 402 g/mol. The topological polar surface area (TPSA) is 67.4 Å². The van der Waals surface area contributed by atoms with Crippen LogP contribution in [0.4, 0.5) is 0 Å². The second-order valence-corrected chi connectivity index (χ2v) is 8.07. The molecule has 1 aliphatic heterocycles. The van der Waals surface area contributed by atoms with Crippen LogP contribution >= 0.6 is 0 Å². The van der Waals surface area contributed by atoms with Crippen molar-refractivity contribution in [2.45, 2.75) is 13.5 Å². The average Bonchev–Trinajstić information content (AvgIpc) is 3.51. The Kier molecular flexibility index (Phi) is 5.56. The van der Waals surface area contributed by atoms with Crippen LogP contribution in [0.2, 0.25) is 0 Å². The maximum Gasteiger partial charge on any atom is 0.293 e. The van der Waals surface area contributed by atoms with Gasteiger partial charge in [-0.3, -0.25) is 9.69 Å². The van der Waals surface area contributed by atoms with Crippen molar-refractivity contribution in [2.24, 2.45) is 0 Å². The predicted octanol–water partition coefficient (Wildman–Crippen LogP) is 3.79. The molecule has 32 heavy (non-hydrogen) atoms. The van der Waals surface area contributed by atoms with Gasteiger partial charge in [0.15, 0.2) is 5.82 Å². The van der Waals surface area contributed by atoms with Gasteiger partial charge in [0.1, 0.15) is 6.26 Å². The summed E-state index contributed by atoms with van der Waals surface area (Å²) < 4.78 is 6.96. The normalized spacial score (nSPS) is 14.6. The van der Waals surface area contributed by atoms with Crippen molar-refractivity contribution in [2.75, 3.05) is 26.2 Å². The molecule has 0 unspecified atom stereocenters. The molecule has 0 saturated carbocycles. The van der Waals surface area contributed by atoms with Crippen molar-refractivity contribution in [1.29, 1.82) is 0 Å². The van der Waals surface area contributed by atoms with Gasteiger partial charge in [-0.05, 0) is 30.7 Å². The molecule has 2 aromatic heterocycles. The highest BCUT2D eigenvalue weighted by Gasteiger charge is 2.27. The molecule has 5 rings (SSSR count). The van der Waals surface area contributed by atoms with E-state index in [9.17, 15) is 4.79 Å². The van der Waals surface area contributed by atoms with Crippen LogP contribution in [0.1, 0.15) is 21.7 Å². The van der Waals surface area contributed by atoms with E-state index in [2.05, 4.69) is 39.2 Å². The number of carbonyl (C=O) groups excluding carboxylic acids is 1. The molecule has 2 aromatic carbocycles. The molecule has 0 radical (unpaired) electrons. The van der Waals surface area contributed by atoms with E-state index in [-0.39, 0.29) is 11.7 Å². The van der Waals surface area contributed by atoms with Crippen LogP contribution in [0.25, 0.3) is 17.1 Å². The van der Waals surface area contributed by atoms with Gasteiger partial charge in [0, 0.05) is 32.7 Å². The minimum Gasteiger partial charge on any atom is -0.472 e. The summed E-state index contributed by atoms with van der Waals surface area (Å²) in [6.07, 6.45) is 3.21. The van der Waals surface area contributed by atoms with Gasteiger partial charge in [-0.1, -0.05) is 48.0 Å². The second-order valence-electron chi connectivity index (χ2n) is 8.07. The van der Waals surface area contributed by atoms with Gasteiger partial charge < -0.3 is 9.32 Å². The van der Waals surface area contributed by atoms with E-state index in [0.717, 1.165) is 36.4 Å². The van der Waals surface area contributed by atoms with Gasteiger partial charge in [0.05, 0.1) is 17.5 Å². The van der Waals surface area contributed by atoms with Gasteiger partial charge >= 0.3 is 0 Å². The Hall–Kier alpha value is -3.71. The number of aromatic nitrogens is 3. The van der Waals surface area contributed by atoms with Crippen molar-refractivity contribution in [3.63, 3.8) is 0 Å². The number of hydrogen-bond acceptors (Lipinski definition) is 5. The molecule has 7 nitrogen and oxygen atoms in total. The van der Waals surface area contributed by atoms with Crippen molar-refractivity contribution in [3.05, 3.63) is 90.1 Å². The lowest BCUT2D eigenvalue weighted by atomic mass is 10.2. The Bertz CT molecular complexity index is 1180. The predicted molar refractivity (Wildman–Crippen MR) is 121 cm³/mol. The Balaban J connectivity index is 1.34. The maximum absolute atomic E-state index is 13.2. The number of rotatable bonds is 5. The molecule has 3 heterocycles. The summed E-state index contributed by atoms with van der Waals surface area (Å²) in [5.74, 6) is 0.659. The van der Waals surface area contributed by atoms with Gasteiger partial charge in [0.25, 0.3) is 5.91 Å². The van der Waals surface area contributed by atoms with Crippen LogP contribution in [-0.2, 0) is 6.54 Å². The van der Waals surface area contributed by atoms with Crippen LogP contribution in [0.15, 0.2) is 77.6 Å². The molecule has 0 atom stereocenters. The average molecular weight is 428 g/mol. The SMILES string of the molecule is Cc1ccc(-n2nc(C(=O)N3CCN(Cc4ccccc4)CC3)nc2-c2ccoc2)cc1. The fourth-order valence-corrected chi connectivity index (χ4v) is 3.94. The number of hydrogen-bond donors (Lipinski definition) is 0. The van der Waals surface area contributed by atoms with E-state index in [0.29, 0.717) is 18.9 Å². The monoisotopic (exact) mass is 427 g/mol. The third-order valence-corrected chi connectivity index (χ3v) is 5.76. The zero-order valence-electron chi connectivity index (χ0n) is 18.0. The van der Waals surface area contributed by atoms with Crippen molar-refractivity contribution >= 4 is 5.91 Å². The lowest BCUT2D eigenvalue weighted by Gasteiger charge is -2.34. The van der Waals surface area contributed by atoms with Crippen LogP contribution in [0, 0.1) is 6.92 Å². The summed E-state index contributed by atoms with van der Waals surface area (Å²) in [4.78, 5) is 22.0. The van der Waals surface area contributed by atoms with Crippen LogP contribution < -0.4 is 0 Å². The summed E-state index contributed by atoms with van der Waals surface area (Å²) >= 11 is 0. The number of furan rings is 1. The van der Waals surface area contributed by atoms with E-state index in [1.54, 1.807) is 17.2 Å². The molecule has 1 aliphatic rings. The lowest BCUT2D eigenvalue weighted by molar-refractivity contribution is 0.0616. The zero-order chi connectivity index (χ0) is 21.9. The van der Waals surface area contributed by atoms with E-state index in [1.165, 1.54) is 5.56 Å². The molecule has 162 valence electrons. The molecule has 7 heteroatoms. The number of benzene rings is 2. The number of piperazine rings is 1. The van der Waals surface area contributed by atoms with E-state index in [1.807, 2.05) is 48.2 Å². The second kappa shape index (κ2) is 8.80. The van der Waals surface area contributed by atoms with Crippen molar-refractivity contribution < 1.29 is 9.21 Å². The maximum atomic E-state index is 13.2. The minimum absolute atomic E-state index is 0.139.